The molecule has 1 aliphatic heterocycles. The van der Waals surface area contributed by atoms with Crippen molar-refractivity contribution in [2.45, 2.75) is 12.3 Å². The molecule has 11 heavy (non-hydrogen) atoms. The molecule has 60 valence electrons. The summed E-state index contributed by atoms with van der Waals surface area (Å²) in [6.45, 7) is 2.27. The molecule has 3 heteroatoms. The normalized spacial score (nSPS) is 24.3. The van der Waals surface area contributed by atoms with Crippen molar-refractivity contribution in [1.29, 1.82) is 0 Å². The zero-order valence-corrected chi connectivity index (χ0v) is 6.75. The van der Waals surface area contributed by atoms with Crippen molar-refractivity contribution in [2.75, 3.05) is 13.1 Å². The maximum atomic E-state index is 4.15. The van der Waals surface area contributed by atoms with Gasteiger partial charge in [-0.05, 0) is 18.5 Å². The van der Waals surface area contributed by atoms with Gasteiger partial charge in [-0.2, -0.15) is 5.10 Å². The predicted octanol–water partition coefficient (Wildman–Crippen LogP) is 0.497. The van der Waals surface area contributed by atoms with Gasteiger partial charge in [0.25, 0.3) is 0 Å². The highest BCUT2D eigenvalue weighted by Gasteiger charge is 2.17. The Labute approximate surface area is 66.4 Å². The summed E-state index contributed by atoms with van der Waals surface area (Å²) in [6.07, 6.45) is 5.33. The zero-order chi connectivity index (χ0) is 7.68. The van der Waals surface area contributed by atoms with Crippen LogP contribution < -0.4 is 5.32 Å². The Bertz CT molecular complexity index is 235. The second-order valence-corrected chi connectivity index (χ2v) is 3.14. The van der Waals surface area contributed by atoms with E-state index in [0.29, 0.717) is 5.92 Å². The van der Waals surface area contributed by atoms with E-state index in [1.165, 1.54) is 12.0 Å². The van der Waals surface area contributed by atoms with Crippen LogP contribution in [0.5, 0.6) is 0 Å². The molecule has 0 aliphatic carbocycles. The van der Waals surface area contributed by atoms with Gasteiger partial charge in [-0.15, -0.1) is 0 Å². The van der Waals surface area contributed by atoms with Crippen LogP contribution in [0.1, 0.15) is 17.9 Å². The largest absolute Gasteiger partial charge is 0.316 e. The first-order valence-electron chi connectivity index (χ1n) is 4.05. The number of rotatable bonds is 1. The molecule has 1 saturated heterocycles. The third-order valence-electron chi connectivity index (χ3n) is 2.26. The summed E-state index contributed by atoms with van der Waals surface area (Å²) in [5.41, 5.74) is 1.37. The summed E-state index contributed by atoms with van der Waals surface area (Å²) in [7, 11) is 1.96. The molecule has 0 amide bonds. The zero-order valence-electron chi connectivity index (χ0n) is 6.75. The van der Waals surface area contributed by atoms with Crippen LogP contribution in [0.3, 0.4) is 0 Å². The molecule has 1 aromatic heterocycles. The van der Waals surface area contributed by atoms with Crippen LogP contribution in [0.4, 0.5) is 0 Å². The van der Waals surface area contributed by atoms with Crippen LogP contribution in [0.15, 0.2) is 12.4 Å². The summed E-state index contributed by atoms with van der Waals surface area (Å²) in [5, 5.41) is 7.49. The van der Waals surface area contributed by atoms with E-state index in [2.05, 4.69) is 16.6 Å². The van der Waals surface area contributed by atoms with Crippen LogP contribution >= 0.6 is 0 Å². The molecular formula is C8H13N3. The van der Waals surface area contributed by atoms with E-state index in [0.717, 1.165) is 13.1 Å². The van der Waals surface area contributed by atoms with Gasteiger partial charge in [0.1, 0.15) is 0 Å². The topological polar surface area (TPSA) is 29.9 Å². The van der Waals surface area contributed by atoms with E-state index >= 15 is 0 Å². The van der Waals surface area contributed by atoms with Crippen LogP contribution in [0.25, 0.3) is 0 Å². The first-order valence-corrected chi connectivity index (χ1v) is 4.05. The molecule has 0 aromatic carbocycles. The van der Waals surface area contributed by atoms with Crippen molar-refractivity contribution in [2.24, 2.45) is 7.05 Å². The number of nitrogens with zero attached hydrogens (tertiary/aromatic N) is 2. The van der Waals surface area contributed by atoms with Crippen molar-refractivity contribution in [3.8, 4) is 0 Å². The Morgan fingerprint density at radius 2 is 2.64 bits per heavy atom. The second kappa shape index (κ2) is 2.66. The van der Waals surface area contributed by atoms with Crippen LogP contribution in [-0.4, -0.2) is 22.9 Å². The average Bonchev–Trinajstić information content (AvgIpc) is 2.55. The van der Waals surface area contributed by atoms with E-state index in [1.54, 1.807) is 0 Å². The van der Waals surface area contributed by atoms with Crippen LogP contribution in [0.2, 0.25) is 0 Å². The van der Waals surface area contributed by atoms with Gasteiger partial charge in [0.05, 0.1) is 6.20 Å². The van der Waals surface area contributed by atoms with E-state index in [1.807, 2.05) is 17.9 Å². The van der Waals surface area contributed by atoms with Crippen molar-refractivity contribution in [3.05, 3.63) is 18.0 Å². The molecule has 1 fully saturated rings. The highest BCUT2D eigenvalue weighted by atomic mass is 15.2. The first kappa shape index (κ1) is 6.85. The average molecular weight is 151 g/mol. The molecule has 2 rings (SSSR count). The predicted molar refractivity (Wildman–Crippen MR) is 43.4 cm³/mol. The van der Waals surface area contributed by atoms with Gasteiger partial charge in [-0.3, -0.25) is 4.68 Å². The quantitative estimate of drug-likeness (QED) is 0.633. The molecule has 0 spiro atoms. The minimum absolute atomic E-state index is 0.698. The van der Waals surface area contributed by atoms with Gasteiger partial charge in [0.15, 0.2) is 0 Å². The summed E-state index contributed by atoms with van der Waals surface area (Å²) < 4.78 is 1.87. The summed E-state index contributed by atoms with van der Waals surface area (Å²) >= 11 is 0. The van der Waals surface area contributed by atoms with E-state index in [-0.39, 0.29) is 0 Å². The lowest BCUT2D eigenvalue weighted by molar-refractivity contribution is 0.749. The molecule has 1 aromatic rings. The van der Waals surface area contributed by atoms with Gasteiger partial charge in [0.2, 0.25) is 0 Å². The van der Waals surface area contributed by atoms with Gasteiger partial charge in [0, 0.05) is 25.7 Å². The Morgan fingerprint density at radius 1 is 1.73 bits per heavy atom. The number of hydrogen-bond acceptors (Lipinski definition) is 2. The van der Waals surface area contributed by atoms with Gasteiger partial charge < -0.3 is 5.32 Å². The monoisotopic (exact) mass is 151 g/mol. The number of nitrogens with one attached hydrogen (secondary N) is 1. The molecule has 1 N–H and O–H groups in total. The number of aryl methyl sites for hydroxylation is 1. The summed E-state index contributed by atoms with van der Waals surface area (Å²) in [5.74, 6) is 0.698. The molecule has 1 atom stereocenters. The Hall–Kier alpha value is -0.830. The molecule has 2 heterocycles. The first-order chi connectivity index (χ1) is 5.36. The lowest BCUT2D eigenvalue weighted by Crippen LogP contribution is -2.07. The third-order valence-corrected chi connectivity index (χ3v) is 2.26. The Balaban J connectivity index is 2.15. The Kier molecular flexibility index (Phi) is 1.66. The standard InChI is InChI=1S/C8H13N3/c1-11-6-8(5-10-11)7-2-3-9-4-7/h5-7,9H,2-4H2,1H3. The molecule has 1 unspecified atom stereocenters. The van der Waals surface area contributed by atoms with Crippen LogP contribution in [0, 0.1) is 0 Å². The molecule has 3 nitrogen and oxygen atoms in total. The van der Waals surface area contributed by atoms with Gasteiger partial charge >= 0.3 is 0 Å². The number of hydrogen-bond donors (Lipinski definition) is 1. The van der Waals surface area contributed by atoms with Crippen LogP contribution in [-0.2, 0) is 7.05 Å². The lowest BCUT2D eigenvalue weighted by Gasteiger charge is -2.02. The highest BCUT2D eigenvalue weighted by molar-refractivity contribution is 5.13. The SMILES string of the molecule is Cn1cc(C2CCNC2)cn1. The summed E-state index contributed by atoms with van der Waals surface area (Å²) in [4.78, 5) is 0. The Morgan fingerprint density at radius 3 is 3.18 bits per heavy atom. The minimum atomic E-state index is 0.698. The smallest absolute Gasteiger partial charge is 0.0524 e. The van der Waals surface area contributed by atoms with Crippen molar-refractivity contribution >= 4 is 0 Å². The maximum Gasteiger partial charge on any atom is 0.0524 e. The highest BCUT2D eigenvalue weighted by Crippen LogP contribution is 2.20. The third kappa shape index (κ3) is 1.28. The van der Waals surface area contributed by atoms with E-state index in [9.17, 15) is 0 Å². The fourth-order valence-corrected chi connectivity index (χ4v) is 1.59. The lowest BCUT2D eigenvalue weighted by atomic mass is 10.0. The fourth-order valence-electron chi connectivity index (χ4n) is 1.59. The van der Waals surface area contributed by atoms with E-state index < -0.39 is 0 Å². The minimum Gasteiger partial charge on any atom is -0.316 e. The maximum absolute atomic E-state index is 4.15. The molecule has 0 saturated carbocycles. The molecular weight excluding hydrogens is 138 g/mol. The molecule has 0 bridgehead atoms. The molecule has 0 radical (unpaired) electrons. The molecule has 1 aliphatic rings. The van der Waals surface area contributed by atoms with Gasteiger partial charge in [-0.25, -0.2) is 0 Å². The number of aromatic nitrogens is 2. The van der Waals surface area contributed by atoms with E-state index in [4.69, 9.17) is 0 Å². The summed E-state index contributed by atoms with van der Waals surface area (Å²) in [6, 6.07) is 0. The second-order valence-electron chi connectivity index (χ2n) is 3.14. The van der Waals surface area contributed by atoms with Crippen molar-refractivity contribution < 1.29 is 0 Å². The van der Waals surface area contributed by atoms with Gasteiger partial charge in [-0.1, -0.05) is 0 Å². The van der Waals surface area contributed by atoms with Crippen molar-refractivity contribution in [3.63, 3.8) is 0 Å². The van der Waals surface area contributed by atoms with Crippen molar-refractivity contribution in [1.82, 2.24) is 15.1 Å². The fraction of sp³-hybridized carbons (Fsp3) is 0.625.